The molecule has 2 aromatic heterocycles. The molecule has 7 heteroatoms. The number of rotatable bonds is 4. The molecule has 2 aromatic rings. The molecule has 0 saturated heterocycles. The highest BCUT2D eigenvalue weighted by Crippen LogP contribution is 2.23. The molecule has 1 aliphatic carbocycles. The molecule has 0 unspecified atom stereocenters. The first-order valence-corrected chi connectivity index (χ1v) is 7.30. The minimum absolute atomic E-state index is 0. The molecule has 2 N–H and O–H groups in total. The fraction of sp³-hybridized carbons (Fsp3) is 0.467. The molecule has 0 bridgehead atoms. The van der Waals surface area contributed by atoms with E-state index < -0.39 is 0 Å². The molecule has 2 heterocycles. The van der Waals surface area contributed by atoms with Crippen molar-refractivity contribution in [2.75, 3.05) is 7.05 Å². The normalized spacial score (nSPS) is 14.1. The summed E-state index contributed by atoms with van der Waals surface area (Å²) in [4.78, 5) is 4.19. The molecule has 0 radical (unpaired) electrons. The Morgan fingerprint density at radius 2 is 2.09 bits per heavy atom. The highest BCUT2D eigenvalue weighted by atomic mass is 127. The lowest BCUT2D eigenvalue weighted by Gasteiger charge is -2.12. The lowest BCUT2D eigenvalue weighted by molar-refractivity contribution is 0.367. The average Bonchev–Trinajstić information content (AvgIpc) is 3.17. The first-order chi connectivity index (χ1) is 10.4. The topological polar surface area (TPSA) is 75.6 Å². The number of furan rings is 1. The lowest BCUT2D eigenvalue weighted by atomic mass is 9.96. The Balaban J connectivity index is 0.00000176. The van der Waals surface area contributed by atoms with Crippen LogP contribution < -0.4 is 10.6 Å². The first kappa shape index (κ1) is 16.9. The van der Waals surface area contributed by atoms with E-state index in [0.717, 1.165) is 36.0 Å². The molecular formula is C15H21IN4O2. The summed E-state index contributed by atoms with van der Waals surface area (Å²) in [6.45, 7) is 1.22. The Morgan fingerprint density at radius 1 is 1.27 bits per heavy atom. The minimum atomic E-state index is 0. The van der Waals surface area contributed by atoms with Gasteiger partial charge >= 0.3 is 0 Å². The quantitative estimate of drug-likeness (QED) is 0.456. The number of nitrogens with one attached hydrogen (secondary N) is 2. The van der Waals surface area contributed by atoms with Gasteiger partial charge in [-0.05, 0) is 31.4 Å². The van der Waals surface area contributed by atoms with Gasteiger partial charge in [0, 0.05) is 19.0 Å². The summed E-state index contributed by atoms with van der Waals surface area (Å²) in [6.07, 6.45) is 6.14. The van der Waals surface area contributed by atoms with Crippen LogP contribution in [0.25, 0.3) is 0 Å². The number of halogens is 1. The maximum atomic E-state index is 5.41. The van der Waals surface area contributed by atoms with Gasteiger partial charge in [-0.25, -0.2) is 0 Å². The molecule has 0 aromatic carbocycles. The van der Waals surface area contributed by atoms with E-state index in [-0.39, 0.29) is 24.0 Å². The van der Waals surface area contributed by atoms with Crippen molar-refractivity contribution >= 4 is 29.9 Å². The van der Waals surface area contributed by atoms with Gasteiger partial charge in [0.15, 0.2) is 5.96 Å². The zero-order valence-corrected chi connectivity index (χ0v) is 14.9. The summed E-state index contributed by atoms with van der Waals surface area (Å²) in [5, 5.41) is 10.6. The van der Waals surface area contributed by atoms with Crippen LogP contribution in [0.1, 0.15) is 35.6 Å². The summed E-state index contributed by atoms with van der Waals surface area (Å²) in [7, 11) is 1.75. The van der Waals surface area contributed by atoms with Crippen LogP contribution in [-0.2, 0) is 25.9 Å². The fourth-order valence-electron chi connectivity index (χ4n) is 2.56. The minimum Gasteiger partial charge on any atom is -0.467 e. The van der Waals surface area contributed by atoms with Gasteiger partial charge in [0.1, 0.15) is 17.2 Å². The first-order valence-electron chi connectivity index (χ1n) is 7.30. The fourth-order valence-corrected chi connectivity index (χ4v) is 2.56. The van der Waals surface area contributed by atoms with Gasteiger partial charge in [-0.3, -0.25) is 4.99 Å². The second-order valence-electron chi connectivity index (χ2n) is 5.10. The average molecular weight is 416 g/mol. The SMILES string of the molecule is CN=C(NCc1ccco1)NCc1noc2c1CCCC2.I. The van der Waals surface area contributed by atoms with Gasteiger partial charge in [0.25, 0.3) is 0 Å². The molecule has 1 aliphatic rings. The Kier molecular flexibility index (Phi) is 6.29. The van der Waals surface area contributed by atoms with Gasteiger partial charge in [-0.2, -0.15) is 0 Å². The van der Waals surface area contributed by atoms with Crippen LogP contribution in [0.4, 0.5) is 0 Å². The van der Waals surface area contributed by atoms with Crippen molar-refractivity contribution in [3.8, 4) is 0 Å². The third-order valence-electron chi connectivity index (χ3n) is 3.69. The zero-order valence-electron chi connectivity index (χ0n) is 12.6. The molecular weight excluding hydrogens is 395 g/mol. The number of aromatic nitrogens is 1. The number of fused-ring (bicyclic) bond motifs is 1. The van der Waals surface area contributed by atoms with Gasteiger partial charge in [0.05, 0.1) is 19.4 Å². The molecule has 0 saturated carbocycles. The van der Waals surface area contributed by atoms with E-state index in [0.29, 0.717) is 13.1 Å². The summed E-state index contributed by atoms with van der Waals surface area (Å²) >= 11 is 0. The van der Waals surface area contributed by atoms with Gasteiger partial charge < -0.3 is 19.6 Å². The molecule has 120 valence electrons. The van der Waals surface area contributed by atoms with E-state index in [4.69, 9.17) is 8.94 Å². The zero-order chi connectivity index (χ0) is 14.5. The van der Waals surface area contributed by atoms with Crippen molar-refractivity contribution in [2.45, 2.75) is 38.8 Å². The van der Waals surface area contributed by atoms with E-state index in [9.17, 15) is 0 Å². The second-order valence-corrected chi connectivity index (χ2v) is 5.10. The van der Waals surface area contributed by atoms with Crippen molar-refractivity contribution < 1.29 is 8.94 Å². The number of aliphatic imine (C=N–C) groups is 1. The van der Waals surface area contributed by atoms with Gasteiger partial charge in [-0.15, -0.1) is 24.0 Å². The van der Waals surface area contributed by atoms with Crippen LogP contribution in [-0.4, -0.2) is 18.2 Å². The largest absolute Gasteiger partial charge is 0.467 e. The second kappa shape index (κ2) is 8.21. The third-order valence-corrected chi connectivity index (χ3v) is 3.69. The number of guanidine groups is 1. The van der Waals surface area contributed by atoms with Crippen LogP contribution >= 0.6 is 24.0 Å². The van der Waals surface area contributed by atoms with Crippen LogP contribution in [0.3, 0.4) is 0 Å². The summed E-state index contributed by atoms with van der Waals surface area (Å²) in [6, 6.07) is 3.79. The van der Waals surface area contributed by atoms with Crippen LogP contribution in [0, 0.1) is 0 Å². The highest BCUT2D eigenvalue weighted by Gasteiger charge is 2.19. The van der Waals surface area contributed by atoms with Gasteiger partial charge in [0.2, 0.25) is 0 Å². The summed E-state index contributed by atoms with van der Waals surface area (Å²) < 4.78 is 10.7. The molecule has 6 nitrogen and oxygen atoms in total. The Morgan fingerprint density at radius 3 is 2.86 bits per heavy atom. The molecule has 22 heavy (non-hydrogen) atoms. The Labute approximate surface area is 146 Å². The maximum absolute atomic E-state index is 5.41. The van der Waals surface area contributed by atoms with Crippen LogP contribution in [0.15, 0.2) is 32.3 Å². The van der Waals surface area contributed by atoms with Crippen molar-refractivity contribution in [3.05, 3.63) is 41.2 Å². The summed E-state index contributed by atoms with van der Waals surface area (Å²) in [5.74, 6) is 2.65. The Bertz CT molecular complexity index is 607. The molecule has 3 rings (SSSR count). The third kappa shape index (κ3) is 4.02. The smallest absolute Gasteiger partial charge is 0.191 e. The standard InChI is InChI=1S/C15H20N4O2.HI/c1-16-15(17-9-11-5-4-8-20-11)18-10-13-12-6-2-3-7-14(12)21-19-13;/h4-5,8H,2-3,6-7,9-10H2,1H3,(H2,16,17,18);1H. The maximum Gasteiger partial charge on any atom is 0.191 e. The van der Waals surface area contributed by atoms with Crippen LogP contribution in [0.5, 0.6) is 0 Å². The monoisotopic (exact) mass is 416 g/mol. The molecule has 0 aliphatic heterocycles. The molecule has 0 spiro atoms. The van der Waals surface area contributed by atoms with Gasteiger partial charge in [-0.1, -0.05) is 5.16 Å². The van der Waals surface area contributed by atoms with E-state index in [1.165, 1.54) is 18.4 Å². The lowest BCUT2D eigenvalue weighted by Crippen LogP contribution is -2.36. The number of aryl methyl sites for hydroxylation is 1. The Hall–Kier alpha value is -1.51. The molecule has 0 amide bonds. The van der Waals surface area contributed by atoms with E-state index in [2.05, 4.69) is 20.8 Å². The van der Waals surface area contributed by atoms with Crippen molar-refractivity contribution in [1.82, 2.24) is 15.8 Å². The number of nitrogens with zero attached hydrogens (tertiary/aromatic N) is 2. The summed E-state index contributed by atoms with van der Waals surface area (Å²) in [5.41, 5.74) is 2.26. The van der Waals surface area contributed by atoms with Crippen molar-refractivity contribution in [3.63, 3.8) is 0 Å². The van der Waals surface area contributed by atoms with Crippen molar-refractivity contribution in [2.24, 2.45) is 4.99 Å². The van der Waals surface area contributed by atoms with Crippen LogP contribution in [0.2, 0.25) is 0 Å². The molecule has 0 atom stereocenters. The number of hydrogen-bond acceptors (Lipinski definition) is 4. The predicted molar refractivity (Wildman–Crippen MR) is 94.3 cm³/mol. The predicted octanol–water partition coefficient (Wildman–Crippen LogP) is 2.63. The van der Waals surface area contributed by atoms with Crippen molar-refractivity contribution in [1.29, 1.82) is 0 Å². The van der Waals surface area contributed by atoms with E-state index in [1.807, 2.05) is 12.1 Å². The highest BCUT2D eigenvalue weighted by molar-refractivity contribution is 14.0. The number of hydrogen-bond donors (Lipinski definition) is 2. The van der Waals surface area contributed by atoms with E-state index in [1.54, 1.807) is 13.3 Å². The van der Waals surface area contributed by atoms with E-state index >= 15 is 0 Å². The molecule has 0 fully saturated rings.